The molecule has 0 radical (unpaired) electrons. The number of benzene rings is 1. The van der Waals surface area contributed by atoms with Crippen molar-refractivity contribution in [2.24, 2.45) is 0 Å². The molecule has 0 aliphatic heterocycles. The number of rotatable bonds is 5. The van der Waals surface area contributed by atoms with Crippen LogP contribution < -0.4 is 5.32 Å². The van der Waals surface area contributed by atoms with E-state index in [1.54, 1.807) is 0 Å². The lowest BCUT2D eigenvalue weighted by molar-refractivity contribution is -0.117. The standard InChI is InChI=1S/C14H22N2O/c1-5-16(6-2)10-14(17)15-13-9-11(3)7-8-12(13)4/h7-9H,5-6,10H2,1-4H3,(H,15,17). The number of carbonyl (C=O) groups is 1. The molecule has 0 bridgehead atoms. The molecule has 17 heavy (non-hydrogen) atoms. The van der Waals surface area contributed by atoms with Crippen LogP contribution in [0.25, 0.3) is 0 Å². The van der Waals surface area contributed by atoms with Gasteiger partial charge in [-0.25, -0.2) is 0 Å². The minimum Gasteiger partial charge on any atom is -0.325 e. The quantitative estimate of drug-likeness (QED) is 0.849. The van der Waals surface area contributed by atoms with E-state index >= 15 is 0 Å². The molecule has 0 saturated carbocycles. The summed E-state index contributed by atoms with van der Waals surface area (Å²) in [6, 6.07) is 6.09. The number of hydrogen-bond acceptors (Lipinski definition) is 2. The van der Waals surface area contributed by atoms with Crippen LogP contribution >= 0.6 is 0 Å². The molecule has 0 aliphatic carbocycles. The normalized spacial score (nSPS) is 10.6. The lowest BCUT2D eigenvalue weighted by Gasteiger charge is -2.18. The van der Waals surface area contributed by atoms with Crippen molar-refractivity contribution in [3.63, 3.8) is 0 Å². The monoisotopic (exact) mass is 234 g/mol. The van der Waals surface area contributed by atoms with Gasteiger partial charge in [0.25, 0.3) is 0 Å². The molecule has 3 heteroatoms. The van der Waals surface area contributed by atoms with Gasteiger partial charge in [-0.3, -0.25) is 9.69 Å². The molecule has 94 valence electrons. The Labute approximate surface area is 104 Å². The van der Waals surface area contributed by atoms with Crippen molar-refractivity contribution in [1.29, 1.82) is 0 Å². The summed E-state index contributed by atoms with van der Waals surface area (Å²) in [5.74, 6) is 0.0578. The largest absolute Gasteiger partial charge is 0.325 e. The zero-order valence-corrected chi connectivity index (χ0v) is 11.2. The van der Waals surface area contributed by atoms with Gasteiger partial charge in [0, 0.05) is 5.69 Å². The average molecular weight is 234 g/mol. The molecular weight excluding hydrogens is 212 g/mol. The summed E-state index contributed by atoms with van der Waals surface area (Å²) in [4.78, 5) is 13.9. The highest BCUT2D eigenvalue weighted by Crippen LogP contribution is 2.16. The molecular formula is C14H22N2O. The Morgan fingerprint density at radius 1 is 1.24 bits per heavy atom. The topological polar surface area (TPSA) is 32.3 Å². The van der Waals surface area contributed by atoms with Crippen molar-refractivity contribution in [1.82, 2.24) is 4.90 Å². The van der Waals surface area contributed by atoms with E-state index in [0.29, 0.717) is 6.54 Å². The number of likely N-dealkylation sites (N-methyl/N-ethyl adjacent to an activating group) is 1. The van der Waals surface area contributed by atoms with Crippen LogP contribution in [0.3, 0.4) is 0 Å². The van der Waals surface area contributed by atoms with Gasteiger partial charge >= 0.3 is 0 Å². The zero-order chi connectivity index (χ0) is 12.8. The van der Waals surface area contributed by atoms with E-state index in [1.807, 2.05) is 26.0 Å². The fraction of sp³-hybridized carbons (Fsp3) is 0.500. The predicted octanol–water partition coefficient (Wildman–Crippen LogP) is 2.58. The maximum Gasteiger partial charge on any atom is 0.238 e. The molecule has 1 N–H and O–H groups in total. The molecule has 0 fully saturated rings. The first kappa shape index (κ1) is 13.7. The van der Waals surface area contributed by atoms with Gasteiger partial charge in [-0.2, -0.15) is 0 Å². The highest BCUT2D eigenvalue weighted by Gasteiger charge is 2.08. The van der Waals surface area contributed by atoms with Crippen molar-refractivity contribution >= 4 is 11.6 Å². The van der Waals surface area contributed by atoms with E-state index in [9.17, 15) is 4.79 Å². The van der Waals surface area contributed by atoms with E-state index in [2.05, 4.69) is 30.1 Å². The zero-order valence-electron chi connectivity index (χ0n) is 11.2. The number of hydrogen-bond donors (Lipinski definition) is 1. The van der Waals surface area contributed by atoms with Crippen LogP contribution in [-0.4, -0.2) is 30.4 Å². The molecule has 0 aliphatic rings. The van der Waals surface area contributed by atoms with Gasteiger partial charge in [0.1, 0.15) is 0 Å². The summed E-state index contributed by atoms with van der Waals surface area (Å²) in [7, 11) is 0. The second-order valence-corrected chi connectivity index (χ2v) is 4.33. The van der Waals surface area contributed by atoms with E-state index in [-0.39, 0.29) is 5.91 Å². The first-order valence-corrected chi connectivity index (χ1v) is 6.16. The van der Waals surface area contributed by atoms with Crippen LogP contribution in [0.5, 0.6) is 0 Å². The molecule has 1 aromatic rings. The van der Waals surface area contributed by atoms with Crippen molar-refractivity contribution < 1.29 is 4.79 Å². The Bertz CT molecular complexity index is 384. The molecule has 0 unspecified atom stereocenters. The van der Waals surface area contributed by atoms with Crippen LogP contribution in [0, 0.1) is 13.8 Å². The van der Waals surface area contributed by atoms with Gasteiger partial charge in [0.05, 0.1) is 6.54 Å². The van der Waals surface area contributed by atoms with E-state index in [1.165, 1.54) is 0 Å². The van der Waals surface area contributed by atoms with Crippen molar-refractivity contribution in [2.75, 3.05) is 25.0 Å². The Morgan fingerprint density at radius 2 is 1.88 bits per heavy atom. The van der Waals surface area contributed by atoms with Crippen LogP contribution in [0.4, 0.5) is 5.69 Å². The second-order valence-electron chi connectivity index (χ2n) is 4.33. The maximum atomic E-state index is 11.9. The van der Waals surface area contributed by atoms with Crippen LogP contribution in [0.15, 0.2) is 18.2 Å². The first-order chi connectivity index (χ1) is 8.06. The van der Waals surface area contributed by atoms with Gasteiger partial charge in [0.2, 0.25) is 5.91 Å². The third-order valence-corrected chi connectivity index (χ3v) is 2.93. The summed E-state index contributed by atoms with van der Waals surface area (Å²) in [5, 5.41) is 2.97. The van der Waals surface area contributed by atoms with Crippen LogP contribution in [0.1, 0.15) is 25.0 Å². The SMILES string of the molecule is CCN(CC)CC(=O)Nc1cc(C)ccc1C. The average Bonchev–Trinajstić information content (AvgIpc) is 2.31. The number of amides is 1. The third-order valence-electron chi connectivity index (χ3n) is 2.93. The molecule has 1 amide bonds. The van der Waals surface area contributed by atoms with Crippen molar-refractivity contribution in [3.8, 4) is 0 Å². The summed E-state index contributed by atoms with van der Waals surface area (Å²) in [6.07, 6.45) is 0. The van der Waals surface area contributed by atoms with Gasteiger partial charge in [0.15, 0.2) is 0 Å². The van der Waals surface area contributed by atoms with Crippen LogP contribution in [-0.2, 0) is 4.79 Å². The molecule has 1 aromatic carbocycles. The molecule has 3 nitrogen and oxygen atoms in total. The number of anilines is 1. The van der Waals surface area contributed by atoms with Gasteiger partial charge < -0.3 is 5.32 Å². The molecule has 0 heterocycles. The number of carbonyl (C=O) groups excluding carboxylic acids is 1. The van der Waals surface area contributed by atoms with Gasteiger partial charge in [-0.1, -0.05) is 26.0 Å². The summed E-state index contributed by atoms with van der Waals surface area (Å²) in [5.41, 5.74) is 3.18. The Hall–Kier alpha value is -1.35. The molecule has 0 saturated heterocycles. The number of nitrogens with zero attached hydrogens (tertiary/aromatic N) is 1. The Morgan fingerprint density at radius 3 is 2.47 bits per heavy atom. The second kappa shape index (κ2) is 6.40. The predicted molar refractivity (Wildman–Crippen MR) is 72.3 cm³/mol. The van der Waals surface area contributed by atoms with E-state index in [4.69, 9.17) is 0 Å². The Balaban J connectivity index is 2.64. The van der Waals surface area contributed by atoms with Crippen molar-refractivity contribution in [2.45, 2.75) is 27.7 Å². The summed E-state index contributed by atoms with van der Waals surface area (Å²) >= 11 is 0. The van der Waals surface area contributed by atoms with E-state index < -0.39 is 0 Å². The van der Waals surface area contributed by atoms with Crippen molar-refractivity contribution in [3.05, 3.63) is 29.3 Å². The van der Waals surface area contributed by atoms with Gasteiger partial charge in [-0.05, 0) is 44.1 Å². The number of nitrogens with one attached hydrogen (secondary N) is 1. The lowest BCUT2D eigenvalue weighted by atomic mass is 10.1. The first-order valence-electron chi connectivity index (χ1n) is 6.16. The smallest absolute Gasteiger partial charge is 0.238 e. The molecule has 0 atom stereocenters. The highest BCUT2D eigenvalue weighted by molar-refractivity contribution is 5.93. The maximum absolute atomic E-state index is 11.9. The van der Waals surface area contributed by atoms with Gasteiger partial charge in [-0.15, -0.1) is 0 Å². The lowest BCUT2D eigenvalue weighted by Crippen LogP contribution is -2.33. The molecule has 1 rings (SSSR count). The minimum absolute atomic E-state index is 0.0578. The highest BCUT2D eigenvalue weighted by atomic mass is 16.2. The summed E-state index contributed by atoms with van der Waals surface area (Å²) in [6.45, 7) is 10.4. The van der Waals surface area contributed by atoms with Crippen LogP contribution in [0.2, 0.25) is 0 Å². The fourth-order valence-corrected chi connectivity index (χ4v) is 1.71. The molecule has 0 aromatic heterocycles. The minimum atomic E-state index is 0.0578. The van der Waals surface area contributed by atoms with E-state index in [0.717, 1.165) is 29.9 Å². The Kier molecular flexibility index (Phi) is 5.16. The molecule has 0 spiro atoms. The number of aryl methyl sites for hydroxylation is 2. The summed E-state index contributed by atoms with van der Waals surface area (Å²) < 4.78 is 0. The fourth-order valence-electron chi connectivity index (χ4n) is 1.71. The third kappa shape index (κ3) is 4.19.